The molecule has 0 spiro atoms. The summed E-state index contributed by atoms with van der Waals surface area (Å²) in [5.74, 6) is -0.484. The van der Waals surface area contributed by atoms with Gasteiger partial charge in [0.1, 0.15) is 6.61 Å². The number of ether oxygens (including phenoxy) is 1. The number of carbonyl (C=O) groups is 1. The summed E-state index contributed by atoms with van der Waals surface area (Å²) in [5, 5.41) is 0.224. The minimum absolute atomic E-state index is 0.0279. The second-order valence-corrected chi connectivity index (χ2v) is 4.22. The van der Waals surface area contributed by atoms with Gasteiger partial charge in [-0.1, -0.05) is 18.2 Å². The Hall–Kier alpha value is -1.82. The van der Waals surface area contributed by atoms with Crippen molar-refractivity contribution >= 4 is 17.6 Å². The number of aromatic amines is 2. The van der Waals surface area contributed by atoms with E-state index in [1.54, 1.807) is 6.92 Å². The molecule has 0 aliphatic rings. The summed E-state index contributed by atoms with van der Waals surface area (Å²) in [4.78, 5) is 38.3. The molecule has 0 unspecified atom stereocenters. The number of H-pyrrole nitrogens is 2. The van der Waals surface area contributed by atoms with Crippen molar-refractivity contribution in [1.82, 2.24) is 9.97 Å². The number of carbonyl (C=O) groups excluding carboxylic acids is 1. The van der Waals surface area contributed by atoms with Crippen LogP contribution in [-0.4, -0.2) is 22.5 Å². The largest absolute Gasteiger partial charge is 0.460 e. The minimum atomic E-state index is -0.567. The zero-order valence-electron chi connectivity index (χ0n) is 9.84. The zero-order chi connectivity index (χ0) is 13.7. The Morgan fingerprint density at radius 3 is 2.61 bits per heavy atom. The van der Waals surface area contributed by atoms with Crippen LogP contribution in [-0.2, 0) is 16.0 Å². The molecule has 0 aliphatic carbocycles. The number of hydrogen-bond acceptors (Lipinski definition) is 4. The highest BCUT2D eigenvalue weighted by Crippen LogP contribution is 2.03. The summed E-state index contributed by atoms with van der Waals surface area (Å²) in [7, 11) is 0. The van der Waals surface area contributed by atoms with Gasteiger partial charge in [-0.05, 0) is 13.3 Å². The number of nitrogens with one attached hydrogen (secondary N) is 2. The lowest BCUT2D eigenvalue weighted by Gasteiger charge is -2.04. The van der Waals surface area contributed by atoms with Crippen molar-refractivity contribution in [2.45, 2.75) is 19.8 Å². The first-order valence-corrected chi connectivity index (χ1v) is 5.59. The van der Waals surface area contributed by atoms with Gasteiger partial charge in [0.2, 0.25) is 0 Å². The molecule has 18 heavy (non-hydrogen) atoms. The van der Waals surface area contributed by atoms with Gasteiger partial charge < -0.3 is 9.72 Å². The third-order valence-electron chi connectivity index (χ3n) is 2.22. The van der Waals surface area contributed by atoms with Gasteiger partial charge in [-0.25, -0.2) is 4.79 Å². The first-order valence-electron chi connectivity index (χ1n) is 5.21. The molecule has 0 aliphatic heterocycles. The number of rotatable bonds is 5. The summed E-state index contributed by atoms with van der Waals surface area (Å²) >= 11 is 5.44. The minimum Gasteiger partial charge on any atom is -0.460 e. The van der Waals surface area contributed by atoms with E-state index in [0.29, 0.717) is 11.3 Å². The molecule has 7 heteroatoms. The van der Waals surface area contributed by atoms with Crippen LogP contribution >= 0.6 is 11.6 Å². The molecule has 0 atom stereocenters. The standard InChI is InChI=1S/C11H13ClN2O4/c1-6(12)5-18-9(15)4-3-8-7(2)13-11(17)14-10(8)16/h1,3-5H2,2H3,(H2,13,14,16,17). The van der Waals surface area contributed by atoms with Gasteiger partial charge in [-0.3, -0.25) is 14.6 Å². The van der Waals surface area contributed by atoms with Gasteiger partial charge in [0, 0.05) is 22.7 Å². The lowest BCUT2D eigenvalue weighted by Crippen LogP contribution is -2.27. The smallest absolute Gasteiger partial charge is 0.325 e. The van der Waals surface area contributed by atoms with Crippen molar-refractivity contribution < 1.29 is 9.53 Å². The molecule has 6 nitrogen and oxygen atoms in total. The second kappa shape index (κ2) is 6.20. The molecule has 0 amide bonds. The summed E-state index contributed by atoms with van der Waals surface area (Å²) in [6.45, 7) is 4.92. The fourth-order valence-electron chi connectivity index (χ4n) is 1.38. The molecule has 1 aromatic rings. The van der Waals surface area contributed by atoms with E-state index >= 15 is 0 Å². The molecule has 0 aromatic carbocycles. The molecule has 0 bridgehead atoms. The molecule has 1 rings (SSSR count). The number of hydrogen-bond donors (Lipinski definition) is 2. The lowest BCUT2D eigenvalue weighted by molar-refractivity contribution is -0.142. The van der Waals surface area contributed by atoms with E-state index in [-0.39, 0.29) is 24.5 Å². The SMILES string of the molecule is C=C(Cl)COC(=O)CCc1c(C)[nH]c(=O)[nH]c1=O. The molecule has 0 saturated carbocycles. The monoisotopic (exact) mass is 272 g/mol. The van der Waals surface area contributed by atoms with Crippen molar-refractivity contribution in [3.8, 4) is 0 Å². The topological polar surface area (TPSA) is 92.0 Å². The third kappa shape index (κ3) is 4.21. The van der Waals surface area contributed by atoms with Crippen LogP contribution in [0.5, 0.6) is 0 Å². The van der Waals surface area contributed by atoms with Crippen LogP contribution in [0.25, 0.3) is 0 Å². The first kappa shape index (κ1) is 14.2. The van der Waals surface area contributed by atoms with E-state index < -0.39 is 17.2 Å². The molecular formula is C11H13ClN2O4. The highest BCUT2D eigenvalue weighted by molar-refractivity contribution is 6.29. The quantitative estimate of drug-likeness (QED) is 0.768. The van der Waals surface area contributed by atoms with E-state index in [1.807, 2.05) is 0 Å². The number of halogens is 1. The first-order chi connectivity index (χ1) is 8.40. The Kier molecular flexibility index (Phi) is 4.91. The van der Waals surface area contributed by atoms with E-state index in [1.165, 1.54) is 0 Å². The summed E-state index contributed by atoms with van der Waals surface area (Å²) < 4.78 is 4.77. The van der Waals surface area contributed by atoms with Crippen molar-refractivity contribution in [2.75, 3.05) is 6.61 Å². The van der Waals surface area contributed by atoms with E-state index in [2.05, 4.69) is 16.5 Å². The van der Waals surface area contributed by atoms with Crippen molar-refractivity contribution in [2.24, 2.45) is 0 Å². The van der Waals surface area contributed by atoms with Crippen LogP contribution in [0.15, 0.2) is 21.2 Å². The second-order valence-electron chi connectivity index (χ2n) is 3.69. The fraction of sp³-hybridized carbons (Fsp3) is 0.364. The van der Waals surface area contributed by atoms with E-state index in [0.717, 1.165) is 0 Å². The summed E-state index contributed by atoms with van der Waals surface area (Å²) in [6.07, 6.45) is 0.214. The normalized spacial score (nSPS) is 10.1. The van der Waals surface area contributed by atoms with E-state index in [9.17, 15) is 14.4 Å². The molecule has 2 N–H and O–H groups in total. The molecule has 98 valence electrons. The van der Waals surface area contributed by atoms with Crippen LogP contribution in [0.2, 0.25) is 0 Å². The summed E-state index contributed by atoms with van der Waals surface area (Å²) in [5.41, 5.74) is -0.261. The molecule has 0 radical (unpaired) electrons. The molecular weight excluding hydrogens is 260 g/mol. The molecule has 0 fully saturated rings. The average Bonchev–Trinajstić information content (AvgIpc) is 2.24. The Balaban J connectivity index is 2.64. The van der Waals surface area contributed by atoms with Crippen LogP contribution in [0.1, 0.15) is 17.7 Å². The summed E-state index contributed by atoms with van der Waals surface area (Å²) in [6, 6.07) is 0. The van der Waals surface area contributed by atoms with Gasteiger partial charge in [-0.15, -0.1) is 0 Å². The third-order valence-corrected chi connectivity index (χ3v) is 2.33. The Labute approximate surface area is 108 Å². The van der Waals surface area contributed by atoms with Gasteiger partial charge in [0.25, 0.3) is 5.56 Å². The Morgan fingerprint density at radius 2 is 2.06 bits per heavy atom. The van der Waals surface area contributed by atoms with Crippen molar-refractivity contribution in [1.29, 1.82) is 0 Å². The van der Waals surface area contributed by atoms with Crippen LogP contribution in [0.4, 0.5) is 0 Å². The number of esters is 1. The Morgan fingerprint density at radius 1 is 1.39 bits per heavy atom. The maximum atomic E-state index is 11.5. The Bertz CT molecular complexity index is 573. The zero-order valence-corrected chi connectivity index (χ0v) is 10.6. The maximum Gasteiger partial charge on any atom is 0.325 e. The average molecular weight is 273 g/mol. The predicted molar refractivity (Wildman–Crippen MR) is 66.7 cm³/mol. The molecule has 1 aromatic heterocycles. The van der Waals surface area contributed by atoms with Gasteiger partial charge in [0.05, 0.1) is 0 Å². The molecule has 1 heterocycles. The lowest BCUT2D eigenvalue weighted by atomic mass is 10.1. The fourth-order valence-corrected chi connectivity index (χ4v) is 1.44. The molecule has 0 saturated heterocycles. The van der Waals surface area contributed by atoms with Gasteiger partial charge in [-0.2, -0.15) is 0 Å². The van der Waals surface area contributed by atoms with Crippen molar-refractivity contribution in [3.63, 3.8) is 0 Å². The van der Waals surface area contributed by atoms with Crippen LogP contribution in [0.3, 0.4) is 0 Å². The maximum absolute atomic E-state index is 11.5. The highest BCUT2D eigenvalue weighted by Gasteiger charge is 2.09. The van der Waals surface area contributed by atoms with Gasteiger partial charge in [0.15, 0.2) is 0 Å². The highest BCUT2D eigenvalue weighted by atomic mass is 35.5. The number of aromatic nitrogens is 2. The van der Waals surface area contributed by atoms with Gasteiger partial charge >= 0.3 is 11.7 Å². The van der Waals surface area contributed by atoms with Crippen molar-refractivity contribution in [3.05, 3.63) is 43.7 Å². The number of aryl methyl sites for hydroxylation is 1. The predicted octanol–water partition coefficient (Wildman–Crippen LogP) is 0.600. The van der Waals surface area contributed by atoms with E-state index in [4.69, 9.17) is 16.3 Å². The van der Waals surface area contributed by atoms with Crippen LogP contribution < -0.4 is 11.2 Å². The van der Waals surface area contributed by atoms with Crippen LogP contribution in [0, 0.1) is 6.92 Å².